The first kappa shape index (κ1) is 24.7. The molecule has 7 nitrogen and oxygen atoms in total. The van der Waals surface area contributed by atoms with Crippen LogP contribution in [-0.4, -0.2) is 41.4 Å². The number of alkyl halides is 3. The van der Waals surface area contributed by atoms with Crippen molar-refractivity contribution in [2.75, 3.05) is 13.7 Å². The minimum absolute atomic E-state index is 0.0434. The molecule has 3 aromatic rings. The number of nitrogens with zero attached hydrogens (tertiary/aromatic N) is 2. The first-order valence-electron chi connectivity index (χ1n) is 10.1. The number of para-hydroxylation sites is 1. The fourth-order valence-electron chi connectivity index (χ4n) is 3.70. The second-order valence-corrected chi connectivity index (χ2v) is 7.50. The van der Waals surface area contributed by atoms with Crippen LogP contribution < -0.4 is 15.8 Å². The van der Waals surface area contributed by atoms with E-state index in [1.165, 1.54) is 25.3 Å². The summed E-state index contributed by atoms with van der Waals surface area (Å²) in [5.74, 6) is -3.59. The van der Waals surface area contributed by atoms with E-state index >= 15 is 0 Å². The van der Waals surface area contributed by atoms with Crippen LogP contribution >= 0.6 is 0 Å². The van der Waals surface area contributed by atoms with Crippen molar-refractivity contribution in [3.8, 4) is 11.6 Å². The van der Waals surface area contributed by atoms with Crippen LogP contribution in [0, 0.1) is 12.7 Å². The Balaban J connectivity index is 2.20. The molecule has 1 atom stereocenters. The Morgan fingerprint density at radius 3 is 2.38 bits per heavy atom. The molecule has 2 amide bonds. The van der Waals surface area contributed by atoms with Crippen molar-refractivity contribution in [1.29, 1.82) is 0 Å². The topological polar surface area (TPSA) is 99.2 Å². The quantitative estimate of drug-likeness (QED) is 0.483. The normalized spacial score (nSPS) is 12.3. The highest BCUT2D eigenvalue weighted by molar-refractivity contribution is 5.94. The molecule has 3 N–H and O–H groups in total. The molecule has 1 heterocycles. The van der Waals surface area contributed by atoms with Gasteiger partial charge in [-0.2, -0.15) is 23.0 Å². The van der Waals surface area contributed by atoms with Crippen molar-refractivity contribution in [2.24, 2.45) is 5.73 Å². The number of benzene rings is 2. The molecular formula is C23H22F4N4O3. The number of amides is 2. The summed E-state index contributed by atoms with van der Waals surface area (Å²) in [5, 5.41) is 5.98. The second kappa shape index (κ2) is 9.94. The minimum Gasteiger partial charge on any atom is -0.481 e. The van der Waals surface area contributed by atoms with Crippen LogP contribution in [0.3, 0.4) is 0 Å². The third-order valence-corrected chi connectivity index (χ3v) is 5.17. The zero-order valence-electron chi connectivity index (χ0n) is 18.3. The lowest BCUT2D eigenvalue weighted by Gasteiger charge is -2.21. The van der Waals surface area contributed by atoms with E-state index < -0.39 is 42.7 Å². The Kier molecular flexibility index (Phi) is 7.23. The lowest BCUT2D eigenvalue weighted by atomic mass is 9.85. The highest BCUT2D eigenvalue weighted by Crippen LogP contribution is 2.39. The number of nitrogens with one attached hydrogen (secondary N) is 1. The van der Waals surface area contributed by atoms with Crippen molar-refractivity contribution in [1.82, 2.24) is 15.1 Å². The number of halogens is 4. The van der Waals surface area contributed by atoms with Gasteiger partial charge in [-0.3, -0.25) is 9.59 Å². The number of aromatic nitrogens is 2. The summed E-state index contributed by atoms with van der Waals surface area (Å²) in [6.45, 7) is 0.230. The van der Waals surface area contributed by atoms with Gasteiger partial charge < -0.3 is 15.8 Å². The summed E-state index contributed by atoms with van der Waals surface area (Å²) in [4.78, 5) is 24.8. The number of aryl methyl sites for hydroxylation is 1. The summed E-state index contributed by atoms with van der Waals surface area (Å²) in [7, 11) is 1.27. The lowest BCUT2D eigenvalue weighted by Crippen LogP contribution is -2.34. The summed E-state index contributed by atoms with van der Waals surface area (Å²) in [6, 6.07) is 12.4. The third-order valence-electron chi connectivity index (χ3n) is 5.17. The predicted octanol–water partition coefficient (Wildman–Crippen LogP) is 3.63. The number of primary amides is 1. The maximum atomic E-state index is 14.5. The molecule has 180 valence electrons. The SMILES string of the molecule is COc1c([C@@H](CC(=O)NCC(F)(F)F)c2ccccc2C)c(C(N)=O)nn1-c1ccccc1F. The Morgan fingerprint density at radius 1 is 1.15 bits per heavy atom. The van der Waals surface area contributed by atoms with Gasteiger partial charge >= 0.3 is 6.18 Å². The fourth-order valence-corrected chi connectivity index (χ4v) is 3.70. The van der Waals surface area contributed by atoms with Gasteiger partial charge in [0.1, 0.15) is 18.0 Å². The van der Waals surface area contributed by atoms with Crippen molar-refractivity contribution < 1.29 is 31.9 Å². The highest BCUT2D eigenvalue weighted by Gasteiger charge is 2.34. The number of carbonyl (C=O) groups is 2. The van der Waals surface area contributed by atoms with Gasteiger partial charge in [-0.05, 0) is 30.2 Å². The summed E-state index contributed by atoms with van der Waals surface area (Å²) < 4.78 is 59.0. The molecule has 0 fully saturated rings. The lowest BCUT2D eigenvalue weighted by molar-refractivity contribution is -0.138. The summed E-state index contributed by atoms with van der Waals surface area (Å²) >= 11 is 0. The largest absolute Gasteiger partial charge is 0.481 e. The molecular weight excluding hydrogens is 456 g/mol. The number of methoxy groups -OCH3 is 1. The molecule has 0 bridgehead atoms. The van der Waals surface area contributed by atoms with Crippen LogP contribution in [0.15, 0.2) is 48.5 Å². The van der Waals surface area contributed by atoms with Gasteiger partial charge in [0.05, 0.1) is 12.7 Å². The average molecular weight is 478 g/mol. The Hall–Kier alpha value is -3.89. The van der Waals surface area contributed by atoms with Crippen LogP contribution in [0.1, 0.15) is 39.5 Å². The number of carbonyl (C=O) groups excluding carboxylic acids is 2. The van der Waals surface area contributed by atoms with Gasteiger partial charge in [0, 0.05) is 12.3 Å². The molecule has 0 saturated heterocycles. The molecule has 3 rings (SSSR count). The van der Waals surface area contributed by atoms with E-state index in [9.17, 15) is 27.2 Å². The maximum Gasteiger partial charge on any atom is 0.405 e. The number of nitrogens with two attached hydrogens (primary N) is 1. The van der Waals surface area contributed by atoms with E-state index in [1.54, 1.807) is 37.3 Å². The van der Waals surface area contributed by atoms with E-state index in [0.29, 0.717) is 11.1 Å². The molecule has 34 heavy (non-hydrogen) atoms. The molecule has 0 aliphatic heterocycles. The van der Waals surface area contributed by atoms with E-state index in [1.807, 2.05) is 5.32 Å². The Morgan fingerprint density at radius 2 is 1.79 bits per heavy atom. The van der Waals surface area contributed by atoms with Gasteiger partial charge in [0.25, 0.3) is 5.91 Å². The van der Waals surface area contributed by atoms with Gasteiger partial charge in [0.15, 0.2) is 5.69 Å². The standard InChI is InChI=1S/C23H22F4N4O3/c1-13-7-3-4-8-14(13)15(11-18(32)29-12-23(25,26)27)19-20(21(28)33)30-31(22(19)34-2)17-10-6-5-9-16(17)24/h3-10,15H,11-12H2,1-2H3,(H2,28,33)(H,29,32)/t15-/m0/s1. The van der Waals surface area contributed by atoms with E-state index in [4.69, 9.17) is 10.5 Å². The van der Waals surface area contributed by atoms with Crippen molar-refractivity contribution >= 4 is 11.8 Å². The smallest absolute Gasteiger partial charge is 0.405 e. The fraction of sp³-hybridized carbons (Fsp3) is 0.261. The van der Waals surface area contributed by atoms with Gasteiger partial charge in [-0.25, -0.2) is 4.39 Å². The first-order valence-corrected chi connectivity index (χ1v) is 10.1. The predicted molar refractivity (Wildman–Crippen MR) is 115 cm³/mol. The highest BCUT2D eigenvalue weighted by atomic mass is 19.4. The molecule has 2 aromatic carbocycles. The number of hydrogen-bond donors (Lipinski definition) is 2. The second-order valence-electron chi connectivity index (χ2n) is 7.50. The minimum atomic E-state index is -4.60. The molecule has 0 aliphatic carbocycles. The molecule has 1 aromatic heterocycles. The summed E-state index contributed by atoms with van der Waals surface area (Å²) in [5.41, 5.74) is 6.52. The molecule has 0 saturated carbocycles. The Labute approximate surface area is 192 Å². The zero-order valence-corrected chi connectivity index (χ0v) is 18.3. The number of hydrogen-bond acceptors (Lipinski definition) is 4. The monoisotopic (exact) mass is 478 g/mol. The summed E-state index contributed by atoms with van der Waals surface area (Å²) in [6.07, 6.45) is -5.07. The molecule has 0 aliphatic rings. The van der Waals surface area contributed by atoms with Gasteiger partial charge in [0.2, 0.25) is 11.8 Å². The van der Waals surface area contributed by atoms with E-state index in [-0.39, 0.29) is 22.8 Å². The van der Waals surface area contributed by atoms with Crippen molar-refractivity contribution in [3.63, 3.8) is 0 Å². The number of ether oxygens (including phenoxy) is 1. The van der Waals surface area contributed by atoms with Gasteiger partial charge in [-0.1, -0.05) is 36.4 Å². The van der Waals surface area contributed by atoms with Crippen molar-refractivity contribution in [2.45, 2.75) is 25.4 Å². The first-order chi connectivity index (χ1) is 16.0. The van der Waals surface area contributed by atoms with E-state index in [0.717, 1.165) is 4.68 Å². The molecule has 0 radical (unpaired) electrons. The molecule has 11 heteroatoms. The van der Waals surface area contributed by atoms with Crippen molar-refractivity contribution in [3.05, 3.63) is 76.7 Å². The van der Waals surface area contributed by atoms with Crippen LogP contribution in [0.5, 0.6) is 5.88 Å². The van der Waals surface area contributed by atoms with Crippen LogP contribution in [0.25, 0.3) is 5.69 Å². The number of rotatable bonds is 8. The Bertz CT molecular complexity index is 1210. The maximum absolute atomic E-state index is 14.5. The zero-order chi connectivity index (χ0) is 25.0. The van der Waals surface area contributed by atoms with E-state index in [2.05, 4.69) is 5.10 Å². The van der Waals surface area contributed by atoms with Crippen LogP contribution in [0.4, 0.5) is 17.6 Å². The molecule has 0 unspecified atom stereocenters. The van der Waals surface area contributed by atoms with Crippen LogP contribution in [0.2, 0.25) is 0 Å². The average Bonchev–Trinajstić information content (AvgIpc) is 3.16. The molecule has 0 spiro atoms. The third kappa shape index (κ3) is 5.36. The van der Waals surface area contributed by atoms with Crippen LogP contribution in [-0.2, 0) is 4.79 Å². The van der Waals surface area contributed by atoms with Gasteiger partial charge in [-0.15, -0.1) is 0 Å².